The van der Waals surface area contributed by atoms with E-state index in [4.69, 9.17) is 4.74 Å². The Hall–Kier alpha value is -1.43. The van der Waals surface area contributed by atoms with Gasteiger partial charge in [0.2, 0.25) is 0 Å². The number of carbonyl (C=O) groups is 2. The Morgan fingerprint density at radius 1 is 1.38 bits per heavy atom. The van der Waals surface area contributed by atoms with Gasteiger partial charge in [-0.1, -0.05) is 0 Å². The van der Waals surface area contributed by atoms with Crippen LogP contribution in [0.2, 0.25) is 0 Å². The van der Waals surface area contributed by atoms with Crippen LogP contribution < -0.4 is 0 Å². The zero-order valence-electron chi connectivity index (χ0n) is 9.73. The number of hydrogen-bond donors (Lipinski definition) is 0. The smallest absolute Gasteiger partial charge is 0.350 e. The maximum atomic E-state index is 11.6. The Bertz CT molecular complexity index is 412. The molecule has 0 N–H and O–H groups in total. The lowest BCUT2D eigenvalue weighted by atomic mass is 10.4. The Kier molecular flexibility index (Phi) is 4.00. The zero-order chi connectivity index (χ0) is 12.3. The average Bonchev–Trinajstić information content (AvgIpc) is 2.53. The molecule has 1 heterocycles. The van der Waals surface area contributed by atoms with Gasteiger partial charge in [0.25, 0.3) is 5.91 Å². The zero-order valence-corrected chi connectivity index (χ0v) is 10.6. The summed E-state index contributed by atoms with van der Waals surface area (Å²) in [5.74, 6) is -0.731. The van der Waals surface area contributed by atoms with Gasteiger partial charge in [0.05, 0.1) is 10.7 Å². The summed E-state index contributed by atoms with van der Waals surface area (Å²) in [6.45, 7) is 3.33. The monoisotopic (exact) mass is 242 g/mol. The fourth-order valence-electron chi connectivity index (χ4n) is 1.04. The Morgan fingerprint density at radius 3 is 2.44 bits per heavy atom. The molecule has 5 nitrogen and oxygen atoms in total. The average molecular weight is 242 g/mol. The summed E-state index contributed by atoms with van der Waals surface area (Å²) in [6.07, 6.45) is 0. The molecule has 0 spiro atoms. The summed E-state index contributed by atoms with van der Waals surface area (Å²) in [7, 11) is 3.22. The van der Waals surface area contributed by atoms with Crippen LogP contribution in [-0.2, 0) is 9.53 Å². The number of ether oxygens (including phenoxy) is 1. The first-order valence-corrected chi connectivity index (χ1v) is 5.54. The van der Waals surface area contributed by atoms with Gasteiger partial charge in [-0.05, 0) is 13.8 Å². The molecule has 0 saturated heterocycles. The molecule has 16 heavy (non-hydrogen) atoms. The van der Waals surface area contributed by atoms with Crippen LogP contribution in [0.4, 0.5) is 0 Å². The molecule has 1 aromatic heterocycles. The molecule has 1 aromatic rings. The molecule has 1 amide bonds. The van der Waals surface area contributed by atoms with Gasteiger partial charge in [0.15, 0.2) is 6.61 Å². The van der Waals surface area contributed by atoms with E-state index in [0.29, 0.717) is 10.6 Å². The standard InChI is InChI=1S/C10H14N2O3S/c1-6-9(16-7(2)11-6)10(14)15-5-8(13)12(3)4/h5H2,1-4H3. The van der Waals surface area contributed by atoms with E-state index < -0.39 is 5.97 Å². The third kappa shape index (κ3) is 3.03. The second-order valence-electron chi connectivity index (χ2n) is 3.51. The number of esters is 1. The first-order chi connectivity index (χ1) is 7.41. The van der Waals surface area contributed by atoms with E-state index in [1.807, 2.05) is 6.92 Å². The molecule has 0 radical (unpaired) electrons. The fourth-order valence-corrected chi connectivity index (χ4v) is 1.86. The molecule has 0 aromatic carbocycles. The first kappa shape index (κ1) is 12.6. The summed E-state index contributed by atoms with van der Waals surface area (Å²) in [6, 6.07) is 0. The summed E-state index contributed by atoms with van der Waals surface area (Å²) in [5, 5.41) is 0.809. The molecule has 1 rings (SSSR count). The van der Waals surface area contributed by atoms with Crippen LogP contribution in [0.3, 0.4) is 0 Å². The number of amides is 1. The molecule has 88 valence electrons. The van der Waals surface area contributed by atoms with Crippen molar-refractivity contribution in [3.05, 3.63) is 15.6 Å². The van der Waals surface area contributed by atoms with Gasteiger partial charge >= 0.3 is 5.97 Å². The molecule has 0 aliphatic heterocycles. The quantitative estimate of drug-likeness (QED) is 0.742. The van der Waals surface area contributed by atoms with Gasteiger partial charge in [0.1, 0.15) is 4.88 Å². The van der Waals surface area contributed by atoms with Crippen LogP contribution in [-0.4, -0.2) is 42.5 Å². The lowest BCUT2D eigenvalue weighted by Crippen LogP contribution is -2.27. The number of hydrogen-bond acceptors (Lipinski definition) is 5. The molecule has 0 atom stereocenters. The molecule has 0 saturated carbocycles. The predicted octanol–water partition coefficient (Wildman–Crippen LogP) is 1.00. The van der Waals surface area contributed by atoms with Gasteiger partial charge < -0.3 is 9.64 Å². The van der Waals surface area contributed by atoms with E-state index in [9.17, 15) is 9.59 Å². The second-order valence-corrected chi connectivity index (χ2v) is 4.71. The molecule has 0 aliphatic rings. The van der Waals surface area contributed by atoms with Crippen molar-refractivity contribution in [1.82, 2.24) is 9.88 Å². The molecule has 6 heteroatoms. The van der Waals surface area contributed by atoms with Crippen molar-refractivity contribution in [2.75, 3.05) is 20.7 Å². The summed E-state index contributed by atoms with van der Waals surface area (Å²) in [4.78, 5) is 28.7. The summed E-state index contributed by atoms with van der Waals surface area (Å²) >= 11 is 1.27. The van der Waals surface area contributed by atoms with Gasteiger partial charge in [-0.15, -0.1) is 11.3 Å². The Labute approximate surface area is 98.0 Å². The highest BCUT2D eigenvalue weighted by Crippen LogP contribution is 2.17. The minimum atomic E-state index is -0.488. The number of likely N-dealkylation sites (N-methyl/N-ethyl adjacent to an activating group) is 1. The van der Waals surface area contributed by atoms with E-state index in [1.54, 1.807) is 21.0 Å². The van der Waals surface area contributed by atoms with E-state index in [0.717, 1.165) is 5.01 Å². The third-order valence-corrected chi connectivity index (χ3v) is 2.97. The van der Waals surface area contributed by atoms with E-state index in [2.05, 4.69) is 4.98 Å². The first-order valence-electron chi connectivity index (χ1n) is 4.73. The number of rotatable bonds is 3. The Morgan fingerprint density at radius 2 is 2.00 bits per heavy atom. The minimum absolute atomic E-state index is 0.234. The summed E-state index contributed by atoms with van der Waals surface area (Å²) < 4.78 is 4.89. The molecule has 0 aliphatic carbocycles. The lowest BCUT2D eigenvalue weighted by molar-refractivity contribution is -0.131. The largest absolute Gasteiger partial charge is 0.451 e. The highest BCUT2D eigenvalue weighted by molar-refractivity contribution is 7.13. The molecular formula is C10H14N2O3S. The number of thiazole rings is 1. The lowest BCUT2D eigenvalue weighted by Gasteiger charge is -2.09. The van der Waals surface area contributed by atoms with Gasteiger partial charge in [-0.3, -0.25) is 4.79 Å². The third-order valence-electron chi connectivity index (χ3n) is 1.91. The maximum absolute atomic E-state index is 11.6. The SMILES string of the molecule is Cc1nc(C)c(C(=O)OCC(=O)N(C)C)s1. The highest BCUT2D eigenvalue weighted by atomic mass is 32.1. The van der Waals surface area contributed by atoms with Crippen molar-refractivity contribution in [1.29, 1.82) is 0 Å². The predicted molar refractivity (Wildman–Crippen MR) is 60.6 cm³/mol. The topological polar surface area (TPSA) is 59.5 Å². The van der Waals surface area contributed by atoms with Crippen molar-refractivity contribution in [3.63, 3.8) is 0 Å². The van der Waals surface area contributed by atoms with Gasteiger partial charge in [-0.25, -0.2) is 9.78 Å². The van der Waals surface area contributed by atoms with Gasteiger partial charge in [-0.2, -0.15) is 0 Å². The molecular weight excluding hydrogens is 228 g/mol. The molecule has 0 fully saturated rings. The van der Waals surface area contributed by atoms with E-state index >= 15 is 0 Å². The van der Waals surface area contributed by atoms with Crippen LogP contribution in [0.5, 0.6) is 0 Å². The van der Waals surface area contributed by atoms with Crippen molar-refractivity contribution in [2.45, 2.75) is 13.8 Å². The normalized spacial score (nSPS) is 10.0. The second kappa shape index (κ2) is 5.07. The summed E-state index contributed by atoms with van der Waals surface area (Å²) in [5.41, 5.74) is 0.643. The van der Waals surface area contributed by atoms with Crippen molar-refractivity contribution in [2.24, 2.45) is 0 Å². The van der Waals surface area contributed by atoms with Crippen LogP contribution in [0.25, 0.3) is 0 Å². The van der Waals surface area contributed by atoms with Crippen LogP contribution in [0.15, 0.2) is 0 Å². The number of carbonyl (C=O) groups excluding carboxylic acids is 2. The molecule has 0 bridgehead atoms. The van der Waals surface area contributed by atoms with Gasteiger partial charge in [0, 0.05) is 14.1 Å². The Balaban J connectivity index is 2.60. The molecule has 0 unspecified atom stereocenters. The van der Waals surface area contributed by atoms with Crippen LogP contribution >= 0.6 is 11.3 Å². The van der Waals surface area contributed by atoms with Crippen molar-refractivity contribution in [3.8, 4) is 0 Å². The number of aryl methyl sites for hydroxylation is 2. The fraction of sp³-hybridized carbons (Fsp3) is 0.500. The van der Waals surface area contributed by atoms with Crippen LogP contribution in [0.1, 0.15) is 20.4 Å². The van der Waals surface area contributed by atoms with Crippen molar-refractivity contribution < 1.29 is 14.3 Å². The van der Waals surface area contributed by atoms with E-state index in [-0.39, 0.29) is 12.5 Å². The number of aromatic nitrogens is 1. The number of nitrogens with zero attached hydrogens (tertiary/aromatic N) is 2. The van der Waals surface area contributed by atoms with Crippen molar-refractivity contribution >= 4 is 23.2 Å². The highest BCUT2D eigenvalue weighted by Gasteiger charge is 2.16. The van der Waals surface area contributed by atoms with Crippen LogP contribution in [0, 0.1) is 13.8 Å². The maximum Gasteiger partial charge on any atom is 0.350 e. The minimum Gasteiger partial charge on any atom is -0.451 e. The van der Waals surface area contributed by atoms with E-state index in [1.165, 1.54) is 16.2 Å².